The van der Waals surface area contributed by atoms with Crippen LogP contribution in [0.1, 0.15) is 34.9 Å². The van der Waals surface area contributed by atoms with Gasteiger partial charge < -0.3 is 15.0 Å². The minimum absolute atomic E-state index is 0.0843. The summed E-state index contributed by atoms with van der Waals surface area (Å²) in [6, 6.07) is 9.80. The summed E-state index contributed by atoms with van der Waals surface area (Å²) in [6.45, 7) is 1.44. The van der Waals surface area contributed by atoms with Gasteiger partial charge in [0.25, 0.3) is 5.91 Å². The molecule has 4 nitrogen and oxygen atoms in total. The summed E-state index contributed by atoms with van der Waals surface area (Å²) in [4.78, 5) is 14.9. The van der Waals surface area contributed by atoms with Crippen LogP contribution in [0.3, 0.4) is 0 Å². The van der Waals surface area contributed by atoms with Crippen molar-refractivity contribution in [3.63, 3.8) is 0 Å². The number of thiophene rings is 1. The third kappa shape index (κ3) is 2.40. The number of carbonyl (C=O) groups is 1. The molecule has 114 valence electrons. The van der Waals surface area contributed by atoms with Crippen molar-refractivity contribution in [2.24, 2.45) is 0 Å². The summed E-state index contributed by atoms with van der Waals surface area (Å²) >= 11 is 1.65. The zero-order valence-electron chi connectivity index (χ0n) is 12.2. The first kappa shape index (κ1) is 13.8. The maximum absolute atomic E-state index is 12.9. The van der Waals surface area contributed by atoms with E-state index < -0.39 is 0 Å². The van der Waals surface area contributed by atoms with Crippen molar-refractivity contribution in [1.82, 2.24) is 4.90 Å². The third-order valence-electron chi connectivity index (χ3n) is 4.31. The number of nitrogens with zero attached hydrogens (tertiary/aromatic N) is 1. The highest BCUT2D eigenvalue weighted by atomic mass is 32.1. The van der Waals surface area contributed by atoms with Crippen LogP contribution in [-0.2, 0) is 4.74 Å². The molecule has 2 aliphatic heterocycles. The molecule has 1 amide bonds. The second kappa shape index (κ2) is 5.74. The molecule has 0 bridgehead atoms. The molecule has 1 aromatic heterocycles. The lowest BCUT2D eigenvalue weighted by molar-refractivity contribution is 0.0427. The average Bonchev–Trinajstić information content (AvgIpc) is 3.23. The highest BCUT2D eigenvalue weighted by Gasteiger charge is 2.35. The van der Waals surface area contributed by atoms with Gasteiger partial charge in [-0.3, -0.25) is 4.79 Å². The van der Waals surface area contributed by atoms with E-state index in [4.69, 9.17) is 4.74 Å². The Kier molecular flexibility index (Phi) is 3.60. The van der Waals surface area contributed by atoms with Gasteiger partial charge in [0.2, 0.25) is 0 Å². The van der Waals surface area contributed by atoms with Gasteiger partial charge in [0.05, 0.1) is 11.7 Å². The molecule has 22 heavy (non-hydrogen) atoms. The van der Waals surface area contributed by atoms with Gasteiger partial charge in [-0.05, 0) is 41.8 Å². The largest absolute Gasteiger partial charge is 0.376 e. The summed E-state index contributed by atoms with van der Waals surface area (Å²) in [5.74, 6) is 0.0843. The molecule has 0 saturated carbocycles. The molecule has 4 rings (SSSR count). The number of fused-ring (bicyclic) bond motifs is 1. The normalized spacial score (nSPS) is 24.2. The van der Waals surface area contributed by atoms with E-state index in [1.54, 1.807) is 11.3 Å². The van der Waals surface area contributed by atoms with Gasteiger partial charge in [-0.25, -0.2) is 0 Å². The molecular weight excluding hydrogens is 296 g/mol. The van der Waals surface area contributed by atoms with E-state index in [-0.39, 0.29) is 18.2 Å². The van der Waals surface area contributed by atoms with Gasteiger partial charge in [0.1, 0.15) is 6.17 Å². The Morgan fingerprint density at radius 1 is 1.32 bits per heavy atom. The maximum Gasteiger partial charge on any atom is 0.257 e. The fourth-order valence-electron chi connectivity index (χ4n) is 3.18. The van der Waals surface area contributed by atoms with Crippen molar-refractivity contribution in [2.45, 2.75) is 25.1 Å². The van der Waals surface area contributed by atoms with Crippen LogP contribution in [0, 0.1) is 0 Å². The topological polar surface area (TPSA) is 41.6 Å². The molecule has 0 spiro atoms. The summed E-state index contributed by atoms with van der Waals surface area (Å²) in [5.41, 5.74) is 2.78. The molecule has 1 saturated heterocycles. The zero-order chi connectivity index (χ0) is 14.9. The number of ether oxygens (including phenoxy) is 1. The van der Waals surface area contributed by atoms with Gasteiger partial charge in [-0.2, -0.15) is 11.3 Å². The molecule has 0 aliphatic carbocycles. The van der Waals surface area contributed by atoms with Crippen molar-refractivity contribution in [2.75, 3.05) is 18.5 Å². The lowest BCUT2D eigenvalue weighted by Crippen LogP contribution is -2.46. The van der Waals surface area contributed by atoms with Gasteiger partial charge in [-0.1, -0.05) is 12.1 Å². The Balaban J connectivity index is 1.69. The molecule has 2 aromatic rings. The predicted molar refractivity (Wildman–Crippen MR) is 87.1 cm³/mol. The number of amides is 1. The number of nitrogens with one attached hydrogen (secondary N) is 1. The summed E-state index contributed by atoms with van der Waals surface area (Å²) in [6.07, 6.45) is 2.15. The summed E-state index contributed by atoms with van der Waals surface area (Å²) in [5, 5.41) is 7.66. The summed E-state index contributed by atoms with van der Waals surface area (Å²) < 4.78 is 5.74. The van der Waals surface area contributed by atoms with E-state index in [9.17, 15) is 4.79 Å². The fourth-order valence-corrected chi connectivity index (χ4v) is 3.86. The SMILES string of the molecule is O=C1c2ccccc2N[C@@H](c2ccsc2)N1C[C@@H]1CCCO1. The first-order chi connectivity index (χ1) is 10.8. The van der Waals surface area contributed by atoms with Crippen molar-refractivity contribution < 1.29 is 9.53 Å². The highest BCUT2D eigenvalue weighted by molar-refractivity contribution is 7.08. The van der Waals surface area contributed by atoms with E-state index in [0.29, 0.717) is 6.54 Å². The lowest BCUT2D eigenvalue weighted by atomic mass is 10.0. The van der Waals surface area contributed by atoms with Crippen molar-refractivity contribution in [1.29, 1.82) is 0 Å². The minimum Gasteiger partial charge on any atom is -0.376 e. The van der Waals surface area contributed by atoms with Gasteiger partial charge in [-0.15, -0.1) is 0 Å². The molecule has 1 fully saturated rings. The second-order valence-corrected chi connectivity index (χ2v) is 6.52. The van der Waals surface area contributed by atoms with Crippen LogP contribution in [0.15, 0.2) is 41.1 Å². The first-order valence-corrected chi connectivity index (χ1v) is 8.57. The van der Waals surface area contributed by atoms with Crippen molar-refractivity contribution >= 4 is 22.9 Å². The quantitative estimate of drug-likeness (QED) is 0.943. The smallest absolute Gasteiger partial charge is 0.257 e. The number of rotatable bonds is 3. The highest BCUT2D eigenvalue weighted by Crippen LogP contribution is 2.34. The minimum atomic E-state index is -0.113. The van der Waals surface area contributed by atoms with Crippen LogP contribution in [0.4, 0.5) is 5.69 Å². The zero-order valence-corrected chi connectivity index (χ0v) is 13.0. The van der Waals surface area contributed by atoms with Gasteiger partial charge >= 0.3 is 0 Å². The first-order valence-electron chi connectivity index (χ1n) is 7.63. The Labute approximate surface area is 133 Å². The summed E-state index contributed by atoms with van der Waals surface area (Å²) in [7, 11) is 0. The fraction of sp³-hybridized carbons (Fsp3) is 0.353. The van der Waals surface area contributed by atoms with E-state index in [0.717, 1.165) is 36.3 Å². The van der Waals surface area contributed by atoms with E-state index in [2.05, 4.69) is 16.8 Å². The number of benzene rings is 1. The number of para-hydroxylation sites is 1. The Morgan fingerprint density at radius 3 is 3.00 bits per heavy atom. The van der Waals surface area contributed by atoms with E-state index >= 15 is 0 Å². The Hall–Kier alpha value is -1.85. The molecule has 2 aliphatic rings. The van der Waals surface area contributed by atoms with Crippen LogP contribution < -0.4 is 5.32 Å². The third-order valence-corrected chi connectivity index (χ3v) is 5.01. The van der Waals surface area contributed by atoms with E-state index in [1.165, 1.54) is 0 Å². The number of hydrogen-bond donors (Lipinski definition) is 1. The molecule has 2 atom stereocenters. The molecule has 3 heterocycles. The molecule has 0 radical (unpaired) electrons. The standard InChI is InChI=1S/C17H18N2O2S/c20-17-14-5-1-2-6-15(14)18-16(12-7-9-22-11-12)19(17)10-13-4-3-8-21-13/h1-2,5-7,9,11,13,16,18H,3-4,8,10H2/t13-,16+/m0/s1. The molecule has 5 heteroatoms. The predicted octanol–water partition coefficient (Wildman–Crippen LogP) is 3.49. The lowest BCUT2D eigenvalue weighted by Gasteiger charge is -2.38. The van der Waals surface area contributed by atoms with Gasteiger partial charge in [0.15, 0.2) is 0 Å². The number of carbonyl (C=O) groups excluding carboxylic acids is 1. The van der Waals surface area contributed by atoms with Crippen LogP contribution >= 0.6 is 11.3 Å². The number of hydrogen-bond acceptors (Lipinski definition) is 4. The monoisotopic (exact) mass is 314 g/mol. The van der Waals surface area contributed by atoms with Crippen LogP contribution in [-0.4, -0.2) is 30.1 Å². The molecular formula is C17H18N2O2S. The molecule has 0 unspecified atom stereocenters. The van der Waals surface area contributed by atoms with Crippen LogP contribution in [0.5, 0.6) is 0 Å². The second-order valence-electron chi connectivity index (χ2n) is 5.74. The Bertz CT molecular complexity index is 665. The van der Waals surface area contributed by atoms with Crippen molar-refractivity contribution in [3.8, 4) is 0 Å². The van der Waals surface area contributed by atoms with Crippen LogP contribution in [0.2, 0.25) is 0 Å². The molecule has 1 N–H and O–H groups in total. The Morgan fingerprint density at radius 2 is 2.23 bits per heavy atom. The number of anilines is 1. The van der Waals surface area contributed by atoms with Gasteiger partial charge in [0, 0.05) is 24.4 Å². The maximum atomic E-state index is 12.9. The average molecular weight is 314 g/mol. The molecule has 1 aromatic carbocycles. The van der Waals surface area contributed by atoms with Crippen LogP contribution in [0.25, 0.3) is 0 Å². The van der Waals surface area contributed by atoms with Crippen molar-refractivity contribution in [3.05, 3.63) is 52.2 Å². The van der Waals surface area contributed by atoms with E-state index in [1.807, 2.05) is 34.5 Å².